The summed E-state index contributed by atoms with van der Waals surface area (Å²) in [4.78, 5) is 4.31. The van der Waals surface area contributed by atoms with Crippen molar-refractivity contribution in [3.8, 4) is 5.88 Å². The van der Waals surface area contributed by atoms with Crippen LogP contribution in [0.2, 0.25) is 0 Å². The zero-order chi connectivity index (χ0) is 12.3. The van der Waals surface area contributed by atoms with E-state index in [1.807, 2.05) is 6.07 Å². The highest BCUT2D eigenvalue weighted by atomic mass is 79.9. The molecule has 0 spiro atoms. The van der Waals surface area contributed by atoms with Crippen molar-refractivity contribution in [3.63, 3.8) is 0 Å². The van der Waals surface area contributed by atoms with Gasteiger partial charge in [0.25, 0.3) is 0 Å². The SMILES string of the molecule is CC(C)NCc1cc(Br)cnc1OC1COC1. The van der Waals surface area contributed by atoms with Gasteiger partial charge in [0, 0.05) is 28.8 Å². The topological polar surface area (TPSA) is 43.4 Å². The van der Waals surface area contributed by atoms with E-state index in [9.17, 15) is 0 Å². The number of nitrogens with zero attached hydrogens (tertiary/aromatic N) is 1. The van der Waals surface area contributed by atoms with Crippen molar-refractivity contribution in [3.05, 3.63) is 22.3 Å². The molecule has 1 aliphatic rings. The summed E-state index contributed by atoms with van der Waals surface area (Å²) in [6.07, 6.45) is 1.91. The van der Waals surface area contributed by atoms with E-state index < -0.39 is 0 Å². The van der Waals surface area contributed by atoms with Crippen molar-refractivity contribution in [1.82, 2.24) is 10.3 Å². The Morgan fingerprint density at radius 1 is 1.59 bits per heavy atom. The van der Waals surface area contributed by atoms with Crippen LogP contribution < -0.4 is 10.1 Å². The molecule has 0 radical (unpaired) electrons. The van der Waals surface area contributed by atoms with E-state index in [1.54, 1.807) is 6.20 Å². The fraction of sp³-hybridized carbons (Fsp3) is 0.583. The second kappa shape index (κ2) is 5.80. The molecular weight excluding hydrogens is 284 g/mol. The third-order valence-electron chi connectivity index (χ3n) is 2.48. The van der Waals surface area contributed by atoms with Crippen LogP contribution in [0.15, 0.2) is 16.7 Å². The van der Waals surface area contributed by atoms with Crippen LogP contribution in [0.25, 0.3) is 0 Å². The summed E-state index contributed by atoms with van der Waals surface area (Å²) in [5.41, 5.74) is 1.07. The van der Waals surface area contributed by atoms with Gasteiger partial charge in [-0.05, 0) is 22.0 Å². The maximum absolute atomic E-state index is 5.77. The smallest absolute Gasteiger partial charge is 0.218 e. The molecule has 1 saturated heterocycles. The molecular formula is C12H17BrN2O2. The first kappa shape index (κ1) is 12.8. The maximum Gasteiger partial charge on any atom is 0.218 e. The highest BCUT2D eigenvalue weighted by Crippen LogP contribution is 2.22. The molecule has 0 saturated carbocycles. The third kappa shape index (κ3) is 3.66. The molecule has 1 fully saturated rings. The Labute approximate surface area is 110 Å². The zero-order valence-electron chi connectivity index (χ0n) is 10.1. The molecule has 94 valence electrons. The largest absolute Gasteiger partial charge is 0.469 e. The summed E-state index contributed by atoms with van der Waals surface area (Å²) in [6.45, 7) is 6.31. The van der Waals surface area contributed by atoms with Gasteiger partial charge < -0.3 is 14.8 Å². The van der Waals surface area contributed by atoms with Gasteiger partial charge in [-0.1, -0.05) is 13.8 Å². The first-order valence-electron chi connectivity index (χ1n) is 5.77. The van der Waals surface area contributed by atoms with Crippen LogP contribution in [0.4, 0.5) is 0 Å². The number of hydrogen-bond acceptors (Lipinski definition) is 4. The summed E-state index contributed by atoms with van der Waals surface area (Å²) in [5, 5.41) is 3.37. The minimum absolute atomic E-state index is 0.154. The summed E-state index contributed by atoms with van der Waals surface area (Å²) >= 11 is 3.43. The Morgan fingerprint density at radius 2 is 2.35 bits per heavy atom. The second-order valence-electron chi connectivity index (χ2n) is 4.43. The van der Waals surface area contributed by atoms with E-state index in [1.165, 1.54) is 0 Å². The van der Waals surface area contributed by atoms with Gasteiger partial charge in [-0.3, -0.25) is 0 Å². The van der Waals surface area contributed by atoms with Gasteiger partial charge in [0.2, 0.25) is 5.88 Å². The lowest BCUT2D eigenvalue weighted by Gasteiger charge is -2.27. The van der Waals surface area contributed by atoms with Gasteiger partial charge in [0.15, 0.2) is 0 Å². The van der Waals surface area contributed by atoms with Gasteiger partial charge in [-0.25, -0.2) is 4.98 Å². The van der Waals surface area contributed by atoms with Crippen molar-refractivity contribution in [2.75, 3.05) is 13.2 Å². The standard InChI is InChI=1S/C12H17BrN2O2/c1-8(2)14-4-9-3-10(13)5-15-12(9)17-11-6-16-7-11/h3,5,8,11,14H,4,6-7H2,1-2H3. The lowest BCUT2D eigenvalue weighted by atomic mass is 10.2. The van der Waals surface area contributed by atoms with Gasteiger partial charge in [-0.15, -0.1) is 0 Å². The van der Waals surface area contributed by atoms with Crippen molar-refractivity contribution in [1.29, 1.82) is 0 Å². The number of rotatable bonds is 5. The van der Waals surface area contributed by atoms with E-state index >= 15 is 0 Å². The number of ether oxygens (including phenoxy) is 2. The first-order valence-corrected chi connectivity index (χ1v) is 6.56. The van der Waals surface area contributed by atoms with Crippen LogP contribution in [0.5, 0.6) is 5.88 Å². The molecule has 0 amide bonds. The molecule has 0 unspecified atom stereocenters. The minimum atomic E-state index is 0.154. The van der Waals surface area contributed by atoms with Crippen LogP contribution in [0, 0.1) is 0 Å². The molecule has 1 N–H and O–H groups in total. The molecule has 17 heavy (non-hydrogen) atoms. The van der Waals surface area contributed by atoms with Gasteiger partial charge >= 0.3 is 0 Å². The molecule has 0 atom stereocenters. The van der Waals surface area contributed by atoms with Crippen LogP contribution in [-0.4, -0.2) is 30.3 Å². The van der Waals surface area contributed by atoms with Gasteiger partial charge in [0.05, 0.1) is 13.2 Å². The molecule has 5 heteroatoms. The molecule has 4 nitrogen and oxygen atoms in total. The Balaban J connectivity index is 2.06. The van der Waals surface area contributed by atoms with Crippen molar-refractivity contribution in [2.24, 2.45) is 0 Å². The summed E-state index contributed by atoms with van der Waals surface area (Å²) in [5.74, 6) is 0.703. The predicted octanol–water partition coefficient (Wildman–Crippen LogP) is 2.12. The van der Waals surface area contributed by atoms with Crippen molar-refractivity contribution >= 4 is 15.9 Å². The zero-order valence-corrected chi connectivity index (χ0v) is 11.7. The molecule has 1 aromatic heterocycles. The van der Waals surface area contributed by atoms with Crippen LogP contribution in [-0.2, 0) is 11.3 Å². The summed E-state index contributed by atoms with van der Waals surface area (Å²) in [7, 11) is 0. The number of halogens is 1. The lowest BCUT2D eigenvalue weighted by molar-refractivity contribution is -0.0817. The van der Waals surface area contributed by atoms with Gasteiger partial charge in [-0.2, -0.15) is 0 Å². The van der Waals surface area contributed by atoms with Gasteiger partial charge in [0.1, 0.15) is 6.10 Å². The molecule has 0 bridgehead atoms. The van der Waals surface area contributed by atoms with Crippen molar-refractivity contribution < 1.29 is 9.47 Å². The van der Waals surface area contributed by atoms with Crippen LogP contribution in [0.1, 0.15) is 19.4 Å². The monoisotopic (exact) mass is 300 g/mol. The lowest BCUT2D eigenvalue weighted by Crippen LogP contribution is -2.39. The van der Waals surface area contributed by atoms with E-state index in [0.717, 1.165) is 16.6 Å². The molecule has 2 heterocycles. The Bertz CT molecular complexity index is 381. The van der Waals surface area contributed by atoms with Crippen molar-refractivity contribution in [2.45, 2.75) is 32.5 Å². The Morgan fingerprint density at radius 3 is 2.94 bits per heavy atom. The number of pyridine rings is 1. The fourth-order valence-electron chi connectivity index (χ4n) is 1.46. The number of aromatic nitrogens is 1. The molecule has 2 rings (SSSR count). The maximum atomic E-state index is 5.77. The predicted molar refractivity (Wildman–Crippen MR) is 69.1 cm³/mol. The Kier molecular flexibility index (Phi) is 4.36. The van der Waals surface area contributed by atoms with E-state index in [-0.39, 0.29) is 6.10 Å². The van der Waals surface area contributed by atoms with Crippen LogP contribution >= 0.6 is 15.9 Å². The summed E-state index contributed by atoms with van der Waals surface area (Å²) < 4.78 is 11.8. The third-order valence-corrected chi connectivity index (χ3v) is 2.91. The average molecular weight is 301 g/mol. The van der Waals surface area contributed by atoms with E-state index in [2.05, 4.69) is 40.1 Å². The average Bonchev–Trinajstić information content (AvgIpc) is 2.22. The molecule has 1 aromatic rings. The second-order valence-corrected chi connectivity index (χ2v) is 5.35. The normalized spacial score (nSPS) is 16.0. The summed E-state index contributed by atoms with van der Waals surface area (Å²) in [6, 6.07) is 2.48. The highest BCUT2D eigenvalue weighted by Gasteiger charge is 2.22. The molecule has 0 aromatic carbocycles. The highest BCUT2D eigenvalue weighted by molar-refractivity contribution is 9.10. The minimum Gasteiger partial charge on any atom is -0.469 e. The van der Waals surface area contributed by atoms with Crippen LogP contribution in [0.3, 0.4) is 0 Å². The number of nitrogens with one attached hydrogen (secondary N) is 1. The van der Waals surface area contributed by atoms with E-state index in [0.29, 0.717) is 25.1 Å². The first-order chi connectivity index (χ1) is 8.15. The quantitative estimate of drug-likeness (QED) is 0.905. The van der Waals surface area contributed by atoms with E-state index in [4.69, 9.17) is 9.47 Å². The number of hydrogen-bond donors (Lipinski definition) is 1. The molecule has 0 aliphatic carbocycles. The Hall–Kier alpha value is -0.650. The fourth-order valence-corrected chi connectivity index (χ4v) is 1.83. The molecule has 1 aliphatic heterocycles.